The fraction of sp³-hybridized carbons (Fsp3) is 0.455. The van der Waals surface area contributed by atoms with Gasteiger partial charge in [0.1, 0.15) is 0 Å². The molecule has 0 fully saturated rings. The Bertz CT molecular complexity index is 289. The summed E-state index contributed by atoms with van der Waals surface area (Å²) in [5.41, 5.74) is 9.53. The second-order valence-corrected chi connectivity index (χ2v) is 4.22. The van der Waals surface area contributed by atoms with E-state index in [0.717, 1.165) is 10.6 Å². The van der Waals surface area contributed by atoms with Gasteiger partial charge in [-0.2, -0.15) is 0 Å². The molecule has 70 valence electrons. The van der Waals surface area contributed by atoms with Crippen molar-refractivity contribution in [1.29, 1.82) is 0 Å². The Labute approximate surface area is 84.7 Å². The maximum Gasteiger partial charge on any atom is 0.0452 e. The molecule has 0 amide bonds. The van der Waals surface area contributed by atoms with Crippen LogP contribution in [0, 0.1) is 0 Å². The molecule has 0 radical (unpaired) electrons. The van der Waals surface area contributed by atoms with Crippen molar-refractivity contribution < 1.29 is 0 Å². The Morgan fingerprint density at radius 1 is 1.00 bits per heavy atom. The number of nitrogens with two attached hydrogens (primary N) is 1. The summed E-state index contributed by atoms with van der Waals surface area (Å²) in [6.45, 7) is 0. The summed E-state index contributed by atoms with van der Waals surface area (Å²) in [7, 11) is 0. The van der Waals surface area contributed by atoms with Crippen molar-refractivity contribution in [2.24, 2.45) is 0 Å². The molecule has 0 heterocycles. The third kappa shape index (κ3) is 1.83. The van der Waals surface area contributed by atoms with Crippen molar-refractivity contribution in [1.82, 2.24) is 0 Å². The number of benzene rings is 1. The summed E-state index contributed by atoms with van der Waals surface area (Å²) in [5.74, 6) is 0. The van der Waals surface area contributed by atoms with Gasteiger partial charge >= 0.3 is 0 Å². The monoisotopic (exact) mass is 193 g/mol. The van der Waals surface area contributed by atoms with Crippen LogP contribution in [-0.2, 0) is 12.8 Å². The van der Waals surface area contributed by atoms with Crippen LogP contribution >= 0.6 is 12.6 Å². The van der Waals surface area contributed by atoms with Gasteiger partial charge in [-0.25, -0.2) is 0 Å². The largest absolute Gasteiger partial charge is 0.398 e. The molecular formula is C11H15NS. The summed E-state index contributed by atoms with van der Waals surface area (Å²) < 4.78 is 0. The van der Waals surface area contributed by atoms with E-state index in [1.54, 1.807) is 0 Å². The molecule has 13 heavy (non-hydrogen) atoms. The van der Waals surface area contributed by atoms with E-state index >= 15 is 0 Å². The van der Waals surface area contributed by atoms with E-state index in [9.17, 15) is 0 Å². The van der Waals surface area contributed by atoms with Crippen LogP contribution in [0.2, 0.25) is 0 Å². The summed E-state index contributed by atoms with van der Waals surface area (Å²) in [4.78, 5) is 0.931. The SMILES string of the molecule is Nc1cc2c(cc1S)CCCCC2. The smallest absolute Gasteiger partial charge is 0.0452 e. The molecule has 0 aromatic heterocycles. The van der Waals surface area contributed by atoms with E-state index < -0.39 is 0 Å². The molecule has 1 aliphatic rings. The molecule has 0 bridgehead atoms. The van der Waals surface area contributed by atoms with E-state index in [1.165, 1.54) is 43.2 Å². The Hall–Kier alpha value is -0.630. The van der Waals surface area contributed by atoms with E-state index in [0.29, 0.717) is 0 Å². The van der Waals surface area contributed by atoms with Gasteiger partial charge in [0.15, 0.2) is 0 Å². The first-order valence-electron chi connectivity index (χ1n) is 4.87. The Morgan fingerprint density at radius 2 is 1.62 bits per heavy atom. The van der Waals surface area contributed by atoms with E-state index in [2.05, 4.69) is 24.8 Å². The zero-order chi connectivity index (χ0) is 9.26. The van der Waals surface area contributed by atoms with Crippen molar-refractivity contribution in [3.63, 3.8) is 0 Å². The minimum Gasteiger partial charge on any atom is -0.398 e. The normalized spacial score (nSPS) is 16.4. The highest BCUT2D eigenvalue weighted by atomic mass is 32.1. The van der Waals surface area contributed by atoms with E-state index in [-0.39, 0.29) is 0 Å². The fourth-order valence-electron chi connectivity index (χ4n) is 1.97. The molecule has 0 aliphatic heterocycles. The van der Waals surface area contributed by atoms with Crippen molar-refractivity contribution >= 4 is 18.3 Å². The summed E-state index contributed by atoms with van der Waals surface area (Å²) in [6.07, 6.45) is 6.34. The molecule has 0 saturated carbocycles. The second-order valence-electron chi connectivity index (χ2n) is 3.74. The molecule has 1 nitrogen and oxygen atoms in total. The van der Waals surface area contributed by atoms with E-state index in [4.69, 9.17) is 5.73 Å². The maximum absolute atomic E-state index is 5.82. The third-order valence-corrected chi connectivity index (χ3v) is 3.13. The van der Waals surface area contributed by atoms with Crippen LogP contribution in [0.1, 0.15) is 30.4 Å². The number of hydrogen-bond acceptors (Lipinski definition) is 2. The number of rotatable bonds is 0. The lowest BCUT2D eigenvalue weighted by Gasteiger charge is -2.08. The standard InChI is InChI=1S/C11H15NS/c12-10-6-8-4-2-1-3-5-9(8)7-11(10)13/h6-7,13H,1-5,12H2. The number of aryl methyl sites for hydroxylation is 2. The van der Waals surface area contributed by atoms with Crippen LogP contribution in [0.3, 0.4) is 0 Å². The summed E-state index contributed by atoms with van der Waals surface area (Å²) >= 11 is 4.34. The van der Waals surface area contributed by atoms with Crippen molar-refractivity contribution in [3.05, 3.63) is 23.3 Å². The molecule has 1 aliphatic carbocycles. The second kappa shape index (κ2) is 3.62. The van der Waals surface area contributed by atoms with Gasteiger partial charge in [-0.1, -0.05) is 6.42 Å². The minimum atomic E-state index is 0.823. The number of nitrogen functional groups attached to an aromatic ring is 1. The Balaban J connectivity index is 2.43. The summed E-state index contributed by atoms with van der Waals surface area (Å²) in [6, 6.07) is 4.24. The fourth-order valence-corrected chi connectivity index (χ4v) is 2.19. The van der Waals surface area contributed by atoms with Crippen LogP contribution in [0.15, 0.2) is 17.0 Å². The molecule has 0 atom stereocenters. The average molecular weight is 193 g/mol. The quantitative estimate of drug-likeness (QED) is 0.370. The average Bonchev–Trinajstić information content (AvgIpc) is 2.31. The molecule has 2 heteroatoms. The van der Waals surface area contributed by atoms with Gasteiger partial charge in [0.05, 0.1) is 0 Å². The first-order chi connectivity index (χ1) is 6.27. The molecule has 0 unspecified atom stereocenters. The van der Waals surface area contributed by atoms with Crippen LogP contribution in [-0.4, -0.2) is 0 Å². The van der Waals surface area contributed by atoms with Crippen LogP contribution in [0.4, 0.5) is 5.69 Å². The predicted molar refractivity (Wildman–Crippen MR) is 59.4 cm³/mol. The topological polar surface area (TPSA) is 26.0 Å². The Kier molecular flexibility index (Phi) is 2.49. The number of fused-ring (bicyclic) bond motifs is 1. The molecule has 2 N–H and O–H groups in total. The molecule has 1 aromatic rings. The molecule has 0 saturated heterocycles. The lowest BCUT2D eigenvalue weighted by Crippen LogP contribution is -1.95. The van der Waals surface area contributed by atoms with Gasteiger partial charge in [0.2, 0.25) is 0 Å². The third-order valence-electron chi connectivity index (χ3n) is 2.74. The first-order valence-corrected chi connectivity index (χ1v) is 5.32. The van der Waals surface area contributed by atoms with Gasteiger partial charge in [-0.15, -0.1) is 12.6 Å². The highest BCUT2D eigenvalue weighted by Crippen LogP contribution is 2.27. The highest BCUT2D eigenvalue weighted by molar-refractivity contribution is 7.80. The van der Waals surface area contributed by atoms with Gasteiger partial charge < -0.3 is 5.73 Å². The first kappa shape index (κ1) is 8.95. The molecule has 0 spiro atoms. The van der Waals surface area contributed by atoms with Crippen LogP contribution in [0.5, 0.6) is 0 Å². The molecule has 1 aromatic carbocycles. The molecular weight excluding hydrogens is 178 g/mol. The van der Waals surface area contributed by atoms with E-state index in [1.807, 2.05) is 0 Å². The minimum absolute atomic E-state index is 0.823. The Morgan fingerprint density at radius 3 is 2.31 bits per heavy atom. The van der Waals surface area contributed by atoms with Crippen molar-refractivity contribution in [2.75, 3.05) is 5.73 Å². The van der Waals surface area contributed by atoms with Crippen molar-refractivity contribution in [2.45, 2.75) is 37.0 Å². The van der Waals surface area contributed by atoms with Gasteiger partial charge in [-0.05, 0) is 48.9 Å². The van der Waals surface area contributed by atoms with Crippen LogP contribution < -0.4 is 5.73 Å². The predicted octanol–water partition coefficient (Wildman–Crippen LogP) is 2.83. The number of anilines is 1. The summed E-state index contributed by atoms with van der Waals surface area (Å²) in [5, 5.41) is 0. The zero-order valence-electron chi connectivity index (χ0n) is 7.71. The molecule has 2 rings (SSSR count). The maximum atomic E-state index is 5.82. The lowest BCUT2D eigenvalue weighted by molar-refractivity contribution is 0.711. The van der Waals surface area contributed by atoms with Gasteiger partial charge in [-0.3, -0.25) is 0 Å². The van der Waals surface area contributed by atoms with Crippen LogP contribution in [0.25, 0.3) is 0 Å². The van der Waals surface area contributed by atoms with Crippen molar-refractivity contribution in [3.8, 4) is 0 Å². The highest BCUT2D eigenvalue weighted by Gasteiger charge is 2.09. The van der Waals surface area contributed by atoms with Gasteiger partial charge in [0.25, 0.3) is 0 Å². The zero-order valence-corrected chi connectivity index (χ0v) is 8.61. The van der Waals surface area contributed by atoms with Gasteiger partial charge in [0, 0.05) is 10.6 Å². The number of thiol groups is 1. The number of hydrogen-bond donors (Lipinski definition) is 2. The lowest BCUT2D eigenvalue weighted by atomic mass is 10.0.